The molecule has 43 heavy (non-hydrogen) atoms. The zero-order chi connectivity index (χ0) is 30.6. The van der Waals surface area contributed by atoms with Crippen LogP contribution in [-0.4, -0.2) is 43.3 Å². The molecule has 4 nitrogen and oxygen atoms in total. The summed E-state index contributed by atoms with van der Waals surface area (Å²) in [5.74, 6) is 1.65. The second-order valence-corrected chi connectivity index (χ2v) is 13.0. The molecule has 4 aromatic rings. The van der Waals surface area contributed by atoms with Crippen LogP contribution in [0.25, 0.3) is 24.3 Å². The summed E-state index contributed by atoms with van der Waals surface area (Å²) in [6.07, 6.45) is 11.5. The maximum Gasteiger partial charge on any atom is 0.360 e. The Morgan fingerprint density at radius 1 is 0.698 bits per heavy atom. The molecule has 0 aliphatic carbocycles. The van der Waals surface area contributed by atoms with Gasteiger partial charge in [0.2, 0.25) is 0 Å². The van der Waals surface area contributed by atoms with Gasteiger partial charge < -0.3 is 14.4 Å². The van der Waals surface area contributed by atoms with E-state index in [0.717, 1.165) is 46.8 Å². The van der Waals surface area contributed by atoms with Crippen LogP contribution in [0.5, 0.6) is 0 Å². The molecule has 0 aliphatic rings. The van der Waals surface area contributed by atoms with Crippen molar-refractivity contribution >= 4 is 57.3 Å². The zero-order valence-electron chi connectivity index (χ0n) is 25.4. The minimum absolute atomic E-state index is 0.203. The van der Waals surface area contributed by atoms with Gasteiger partial charge in [-0.25, -0.2) is 0 Å². The Morgan fingerprint density at radius 2 is 1.21 bits per heavy atom. The molecule has 226 valence electrons. The second-order valence-electron chi connectivity index (χ2n) is 10.3. The van der Waals surface area contributed by atoms with E-state index in [0.29, 0.717) is 13.1 Å². The Labute approximate surface area is 263 Å². The molecule has 0 saturated carbocycles. The van der Waals surface area contributed by atoms with Gasteiger partial charge in [0.05, 0.1) is 0 Å². The molecular weight excluding hydrogens is 579 g/mol. The van der Waals surface area contributed by atoms with Crippen LogP contribution in [0.15, 0.2) is 79.1 Å². The molecule has 0 saturated heterocycles. The van der Waals surface area contributed by atoms with Crippen LogP contribution >= 0.6 is 21.6 Å². The van der Waals surface area contributed by atoms with Crippen LogP contribution in [-0.2, 0) is 13.1 Å². The Kier molecular flexibility index (Phi) is 12.4. The average molecular weight is 620 g/mol. The van der Waals surface area contributed by atoms with Gasteiger partial charge in [0.1, 0.15) is 6.54 Å². The highest BCUT2D eigenvalue weighted by Gasteiger charge is 2.07. The highest BCUT2D eigenvalue weighted by atomic mass is 33.1. The fourth-order valence-corrected chi connectivity index (χ4v) is 6.58. The molecule has 2 heterocycles. The number of aromatic nitrogens is 2. The van der Waals surface area contributed by atoms with E-state index in [1.807, 2.05) is 72.0 Å². The van der Waals surface area contributed by atoms with Gasteiger partial charge in [0.25, 0.3) is 0 Å². The molecule has 0 spiro atoms. The summed E-state index contributed by atoms with van der Waals surface area (Å²) in [5.41, 5.74) is 6.27. The molecule has 0 amide bonds. The van der Waals surface area contributed by atoms with Crippen molar-refractivity contribution < 1.29 is 13.3 Å². The number of pyridine rings is 1. The van der Waals surface area contributed by atoms with Crippen molar-refractivity contribution in [2.75, 3.05) is 48.5 Å². The van der Waals surface area contributed by atoms with Crippen molar-refractivity contribution in [1.82, 2.24) is 4.57 Å². The second kappa shape index (κ2) is 16.4. The van der Waals surface area contributed by atoms with Crippen molar-refractivity contribution in [1.29, 1.82) is 0 Å². The Hall–Kier alpha value is -3.49. The lowest BCUT2D eigenvalue weighted by atomic mass is 10.1. The molecule has 0 unspecified atom stereocenters. The van der Waals surface area contributed by atoms with E-state index in [1.54, 1.807) is 27.5 Å². The summed E-state index contributed by atoms with van der Waals surface area (Å²) < 4.78 is 30.9. The first-order valence-electron chi connectivity index (χ1n) is 14.6. The third-order valence-corrected chi connectivity index (χ3v) is 9.63. The molecule has 0 N–H and O–H groups in total. The quantitative estimate of drug-likeness (QED) is 0.0575. The van der Waals surface area contributed by atoms with Gasteiger partial charge in [-0.05, 0) is 60.4 Å². The molecule has 0 atom stereocenters. The molecule has 2 aromatic carbocycles. The highest BCUT2D eigenvalue weighted by Crippen LogP contribution is 2.24. The summed E-state index contributed by atoms with van der Waals surface area (Å²) in [6.45, 7) is 7.04. The number of anilines is 2. The van der Waals surface area contributed by atoms with Gasteiger partial charge in [-0.15, -0.1) is 4.39 Å². The van der Waals surface area contributed by atoms with Crippen molar-refractivity contribution in [3.63, 3.8) is 0 Å². The van der Waals surface area contributed by atoms with Crippen LogP contribution in [0.2, 0.25) is 0 Å². The standard InChI is InChI=1S/C35H41F2N4S2/c1-5-40-20-19-30(25-34(40)36)9-7-28-11-15-32(16-12-28)38(3)21-23-42-43-24-22-39(4)33-17-13-29(14-18-33)8-10-31-26-35(37)41(6-2)27-31/h7-20,25-27H,5-6,21-24H2,1-4H3/q+1/b10-8+. The van der Waals surface area contributed by atoms with Crippen LogP contribution in [0.4, 0.5) is 20.2 Å². The minimum atomic E-state index is -0.223. The van der Waals surface area contributed by atoms with Gasteiger partial charge in [-0.1, -0.05) is 70.2 Å². The lowest BCUT2D eigenvalue weighted by molar-refractivity contribution is -0.720. The molecule has 0 bridgehead atoms. The predicted octanol–water partition coefficient (Wildman–Crippen LogP) is 8.39. The zero-order valence-corrected chi connectivity index (χ0v) is 27.1. The molecule has 0 aliphatic heterocycles. The first kappa shape index (κ1) is 32.4. The van der Waals surface area contributed by atoms with E-state index in [1.165, 1.54) is 11.4 Å². The van der Waals surface area contributed by atoms with Crippen LogP contribution in [0.3, 0.4) is 0 Å². The van der Waals surface area contributed by atoms with Gasteiger partial charge in [-0.2, -0.15) is 8.96 Å². The Balaban J connectivity index is 1.13. The van der Waals surface area contributed by atoms with E-state index in [2.05, 4.69) is 72.4 Å². The fourth-order valence-electron chi connectivity index (χ4n) is 4.50. The highest BCUT2D eigenvalue weighted by molar-refractivity contribution is 8.76. The largest absolute Gasteiger partial charge is 0.374 e. The first-order valence-corrected chi connectivity index (χ1v) is 17.1. The van der Waals surface area contributed by atoms with Gasteiger partial charge >= 0.3 is 5.95 Å². The Bertz CT molecular complexity index is 1500. The van der Waals surface area contributed by atoms with Gasteiger partial charge in [0.15, 0.2) is 12.1 Å². The summed E-state index contributed by atoms with van der Waals surface area (Å²) in [5, 5.41) is 0. The van der Waals surface area contributed by atoms with Gasteiger partial charge in [0, 0.05) is 81.0 Å². The number of nitrogens with zero attached hydrogens (tertiary/aromatic N) is 4. The fraction of sp³-hybridized carbons (Fsp3) is 0.286. The van der Waals surface area contributed by atoms with Crippen molar-refractivity contribution in [2.45, 2.75) is 26.9 Å². The number of benzene rings is 2. The van der Waals surface area contributed by atoms with E-state index < -0.39 is 0 Å². The topological polar surface area (TPSA) is 15.3 Å². The molecule has 4 rings (SSSR count). The molecule has 2 aromatic heterocycles. The summed E-state index contributed by atoms with van der Waals surface area (Å²) in [4.78, 5) is 4.55. The van der Waals surface area contributed by atoms with Crippen LogP contribution in [0, 0.1) is 11.9 Å². The van der Waals surface area contributed by atoms with E-state index in [9.17, 15) is 8.78 Å². The van der Waals surface area contributed by atoms with Crippen LogP contribution in [0.1, 0.15) is 36.1 Å². The van der Waals surface area contributed by atoms with E-state index in [4.69, 9.17) is 0 Å². The third kappa shape index (κ3) is 9.76. The van der Waals surface area contributed by atoms with Gasteiger partial charge in [-0.3, -0.25) is 0 Å². The van der Waals surface area contributed by atoms with E-state index in [-0.39, 0.29) is 11.9 Å². The maximum absolute atomic E-state index is 14.0. The number of hydrogen-bond donors (Lipinski definition) is 0. The Morgan fingerprint density at radius 3 is 1.67 bits per heavy atom. The SMILES string of the molecule is CCn1cc(/C=C/c2ccc(N(C)CCSSCCN(C)c3ccc(/C=C/c4cc[n+](CC)c(F)c4)cc3)cc2)cc1F. The van der Waals surface area contributed by atoms with Crippen molar-refractivity contribution in [3.8, 4) is 0 Å². The molecular formula is C35H41F2N4S2+. The lowest BCUT2D eigenvalue weighted by Gasteiger charge is -2.20. The molecule has 8 heteroatoms. The number of aryl methyl sites for hydroxylation is 2. The first-order chi connectivity index (χ1) is 20.9. The number of hydrogen-bond acceptors (Lipinski definition) is 4. The minimum Gasteiger partial charge on any atom is -0.374 e. The van der Waals surface area contributed by atoms with Crippen LogP contribution < -0.4 is 14.4 Å². The third-order valence-electron chi connectivity index (χ3n) is 7.26. The summed E-state index contributed by atoms with van der Waals surface area (Å²) in [7, 11) is 8.06. The maximum atomic E-state index is 14.0. The predicted molar refractivity (Wildman–Crippen MR) is 185 cm³/mol. The lowest BCUT2D eigenvalue weighted by Crippen LogP contribution is -2.36. The molecule has 0 fully saturated rings. The summed E-state index contributed by atoms with van der Waals surface area (Å²) in [6, 6.07) is 22.0. The van der Waals surface area contributed by atoms with Crippen molar-refractivity contribution in [3.05, 3.63) is 113 Å². The molecule has 0 radical (unpaired) electrons. The smallest absolute Gasteiger partial charge is 0.360 e. The number of halogens is 2. The van der Waals surface area contributed by atoms with E-state index >= 15 is 0 Å². The average Bonchev–Trinajstić information content (AvgIpc) is 3.40. The van der Waals surface area contributed by atoms with Crippen molar-refractivity contribution in [2.24, 2.45) is 0 Å². The summed E-state index contributed by atoms with van der Waals surface area (Å²) >= 11 is 0. The number of rotatable bonds is 15. The normalized spacial score (nSPS) is 11.6. The monoisotopic (exact) mass is 619 g/mol.